The Hall–Kier alpha value is -2.54. The number of dihydropyridines is 1. The normalized spacial score (nSPS) is 26.0. The van der Waals surface area contributed by atoms with Gasteiger partial charge >= 0.3 is 0 Å². The molecule has 0 radical (unpaired) electrons. The molecule has 4 N–H and O–H groups in total. The standard InChI is InChI=1S/C36H57ClN6O5/c1-35(2)33(36(3,4)34(35)48-26-7-8-29(38-5)28(37)21-26)41-32(44)27-23-40-31(22-30(27)47-20-19-46-18-17-45-6)43-13-9-25(10-14-43)24-42-15-11-39-12-16-42/h7-8,21-23,25,31,33-34,38-40H,9-20,24H2,1-6H3,(H,41,44). The molecule has 1 unspecified atom stereocenters. The smallest absolute Gasteiger partial charge is 0.256 e. The Bertz CT molecular complexity index is 1280. The minimum atomic E-state index is -0.340. The summed E-state index contributed by atoms with van der Waals surface area (Å²) >= 11 is 6.43. The number of carbonyl (C=O) groups excluding carboxylic acids is 1. The Morgan fingerprint density at radius 2 is 1.73 bits per heavy atom. The zero-order valence-corrected chi connectivity index (χ0v) is 30.5. The number of amides is 1. The van der Waals surface area contributed by atoms with Crippen LogP contribution in [-0.4, -0.2) is 120 Å². The first-order valence-electron chi connectivity index (χ1n) is 17.5. The lowest BCUT2D eigenvalue weighted by molar-refractivity contribution is -0.172. The van der Waals surface area contributed by atoms with Crippen LogP contribution in [0.2, 0.25) is 5.02 Å². The van der Waals surface area contributed by atoms with E-state index >= 15 is 0 Å². The number of piperazine rings is 1. The lowest BCUT2D eigenvalue weighted by atomic mass is 9.49. The van der Waals surface area contributed by atoms with Crippen molar-refractivity contribution in [2.45, 2.75) is 58.8 Å². The van der Waals surface area contributed by atoms with Crippen LogP contribution in [0.3, 0.4) is 0 Å². The summed E-state index contributed by atoms with van der Waals surface area (Å²) in [5.74, 6) is 1.83. The summed E-state index contributed by atoms with van der Waals surface area (Å²) in [5, 5.41) is 14.0. The highest BCUT2D eigenvalue weighted by atomic mass is 35.5. The molecule has 12 heteroatoms. The average Bonchev–Trinajstić information content (AvgIpc) is 3.08. The third-order valence-electron chi connectivity index (χ3n) is 10.5. The summed E-state index contributed by atoms with van der Waals surface area (Å²) in [6.45, 7) is 18.0. The van der Waals surface area contributed by atoms with Gasteiger partial charge in [0, 0.05) is 89.1 Å². The first-order chi connectivity index (χ1) is 23.0. The zero-order chi connectivity index (χ0) is 34.3. The van der Waals surface area contributed by atoms with E-state index < -0.39 is 0 Å². The highest BCUT2D eigenvalue weighted by Gasteiger charge is 2.64. The number of piperidine rings is 1. The summed E-state index contributed by atoms with van der Waals surface area (Å²) < 4.78 is 23.5. The number of hydrogen-bond donors (Lipinski definition) is 4. The monoisotopic (exact) mass is 688 g/mol. The van der Waals surface area contributed by atoms with Gasteiger partial charge in [-0.3, -0.25) is 9.69 Å². The largest absolute Gasteiger partial charge is 0.490 e. The molecule has 48 heavy (non-hydrogen) atoms. The molecule has 1 aromatic rings. The van der Waals surface area contributed by atoms with Crippen LogP contribution in [0.5, 0.6) is 5.75 Å². The summed E-state index contributed by atoms with van der Waals surface area (Å²) in [7, 11) is 3.49. The third kappa shape index (κ3) is 8.60. The number of ether oxygens (including phenoxy) is 4. The second-order valence-corrected chi connectivity index (χ2v) is 15.0. The minimum absolute atomic E-state index is 0.0402. The molecule has 3 aliphatic heterocycles. The molecule has 5 rings (SSSR count). The number of benzene rings is 1. The van der Waals surface area contributed by atoms with Gasteiger partial charge in [0.05, 0.1) is 36.1 Å². The number of methoxy groups -OCH3 is 1. The molecule has 1 aliphatic carbocycles. The maximum absolute atomic E-state index is 14.0. The van der Waals surface area contributed by atoms with Gasteiger partial charge in [-0.1, -0.05) is 39.3 Å². The molecule has 1 amide bonds. The molecule has 1 aromatic carbocycles. The Morgan fingerprint density at radius 1 is 1.02 bits per heavy atom. The fourth-order valence-electron chi connectivity index (χ4n) is 8.08. The average molecular weight is 689 g/mol. The van der Waals surface area contributed by atoms with Gasteiger partial charge in [-0.2, -0.15) is 0 Å². The fourth-order valence-corrected chi connectivity index (χ4v) is 8.34. The van der Waals surface area contributed by atoms with Gasteiger partial charge in [-0.25, -0.2) is 0 Å². The molecule has 3 heterocycles. The number of halogens is 1. The summed E-state index contributed by atoms with van der Waals surface area (Å²) in [4.78, 5) is 19.0. The van der Waals surface area contributed by atoms with Crippen molar-refractivity contribution < 1.29 is 23.7 Å². The third-order valence-corrected chi connectivity index (χ3v) is 10.8. The number of hydrogen-bond acceptors (Lipinski definition) is 10. The van der Waals surface area contributed by atoms with Crippen LogP contribution in [0, 0.1) is 16.7 Å². The van der Waals surface area contributed by atoms with Gasteiger partial charge in [-0.15, -0.1) is 0 Å². The Kier molecular flexibility index (Phi) is 12.6. The molecule has 268 valence electrons. The summed E-state index contributed by atoms with van der Waals surface area (Å²) in [6.07, 6.45) is 6.03. The Morgan fingerprint density at radius 3 is 2.40 bits per heavy atom. The quantitative estimate of drug-likeness (QED) is 0.204. The Balaban J connectivity index is 1.21. The topological polar surface area (TPSA) is 109 Å². The van der Waals surface area contributed by atoms with Gasteiger partial charge < -0.3 is 45.1 Å². The van der Waals surface area contributed by atoms with E-state index in [1.807, 2.05) is 31.4 Å². The van der Waals surface area contributed by atoms with Crippen LogP contribution in [0.4, 0.5) is 5.69 Å². The number of nitrogens with zero attached hydrogens (tertiary/aromatic N) is 2. The van der Waals surface area contributed by atoms with Crippen molar-refractivity contribution in [3.05, 3.63) is 46.8 Å². The van der Waals surface area contributed by atoms with Crippen molar-refractivity contribution in [2.24, 2.45) is 16.7 Å². The lowest BCUT2D eigenvalue weighted by Gasteiger charge is -2.63. The van der Waals surface area contributed by atoms with Crippen LogP contribution in [0.15, 0.2) is 41.8 Å². The van der Waals surface area contributed by atoms with Crippen molar-refractivity contribution in [3.63, 3.8) is 0 Å². The van der Waals surface area contributed by atoms with Crippen LogP contribution < -0.4 is 26.0 Å². The van der Waals surface area contributed by atoms with E-state index in [-0.39, 0.29) is 35.0 Å². The van der Waals surface area contributed by atoms with Gasteiger partial charge in [0.1, 0.15) is 30.4 Å². The highest BCUT2D eigenvalue weighted by molar-refractivity contribution is 6.33. The van der Waals surface area contributed by atoms with Crippen molar-refractivity contribution in [2.75, 3.05) is 91.7 Å². The van der Waals surface area contributed by atoms with Crippen molar-refractivity contribution >= 4 is 23.2 Å². The second kappa shape index (κ2) is 16.4. The molecule has 2 saturated heterocycles. The molecule has 1 saturated carbocycles. The van der Waals surface area contributed by atoms with Gasteiger partial charge in [0.2, 0.25) is 0 Å². The van der Waals surface area contributed by atoms with E-state index in [1.54, 1.807) is 7.11 Å². The zero-order valence-electron chi connectivity index (χ0n) is 29.7. The number of likely N-dealkylation sites (tertiary alicyclic amines) is 1. The van der Waals surface area contributed by atoms with Crippen molar-refractivity contribution in [1.29, 1.82) is 0 Å². The number of nitrogens with one attached hydrogen (secondary N) is 4. The maximum Gasteiger partial charge on any atom is 0.256 e. The summed E-state index contributed by atoms with van der Waals surface area (Å²) in [6, 6.07) is 5.54. The molecule has 4 aliphatic rings. The minimum Gasteiger partial charge on any atom is -0.490 e. The molecule has 0 aromatic heterocycles. The first-order valence-corrected chi connectivity index (χ1v) is 17.9. The predicted molar refractivity (Wildman–Crippen MR) is 190 cm³/mol. The molecule has 1 atom stereocenters. The molecule has 0 spiro atoms. The highest BCUT2D eigenvalue weighted by Crippen LogP contribution is 2.55. The number of rotatable bonds is 15. The molecule has 3 fully saturated rings. The van der Waals surface area contributed by atoms with Gasteiger partial charge in [0.15, 0.2) is 0 Å². The number of anilines is 1. The van der Waals surface area contributed by atoms with Crippen LogP contribution >= 0.6 is 11.6 Å². The molecule has 11 nitrogen and oxygen atoms in total. The van der Waals surface area contributed by atoms with Crippen LogP contribution in [0.25, 0.3) is 0 Å². The van der Waals surface area contributed by atoms with Gasteiger partial charge in [-0.05, 0) is 37.0 Å². The van der Waals surface area contributed by atoms with E-state index in [0.29, 0.717) is 48.5 Å². The number of carbonyl (C=O) groups is 1. The molecular weight excluding hydrogens is 632 g/mol. The van der Waals surface area contributed by atoms with E-state index in [9.17, 15) is 4.79 Å². The van der Waals surface area contributed by atoms with E-state index in [4.69, 9.17) is 30.5 Å². The van der Waals surface area contributed by atoms with Crippen LogP contribution in [-0.2, 0) is 19.0 Å². The van der Waals surface area contributed by atoms with E-state index in [1.165, 1.54) is 6.54 Å². The van der Waals surface area contributed by atoms with Crippen molar-refractivity contribution in [3.8, 4) is 5.75 Å². The van der Waals surface area contributed by atoms with E-state index in [0.717, 1.165) is 63.7 Å². The van der Waals surface area contributed by atoms with Gasteiger partial charge in [0.25, 0.3) is 5.91 Å². The molecular formula is C36H57ClN6O5. The van der Waals surface area contributed by atoms with Crippen LogP contribution in [0.1, 0.15) is 40.5 Å². The SMILES string of the molecule is CNc1ccc(OC2C(C)(C)C(NC(=O)C3=CNC(N4CCC(CN5CCNCC5)CC4)C=C3OCCOCCOC)C2(C)C)cc1Cl. The van der Waals surface area contributed by atoms with E-state index in [2.05, 4.69) is 64.8 Å². The first kappa shape index (κ1) is 36.7. The Labute approximate surface area is 292 Å². The lowest BCUT2D eigenvalue weighted by Crippen LogP contribution is -2.74. The second-order valence-electron chi connectivity index (χ2n) is 14.6. The predicted octanol–water partition coefficient (Wildman–Crippen LogP) is 3.67. The summed E-state index contributed by atoms with van der Waals surface area (Å²) in [5.41, 5.74) is 0.656. The molecule has 0 bridgehead atoms. The van der Waals surface area contributed by atoms with Crippen molar-refractivity contribution in [1.82, 2.24) is 25.8 Å². The fraction of sp³-hybridized carbons (Fsp3) is 0.694. The maximum atomic E-state index is 14.0.